The standard InChI is InChI=1S/C31H35BrN2O5/c1-37-26-17-27(38-2)19-28(18-26)39-21-30(35)34(20-23-11-8-12-24(32)15-23)29(16-22-9-4-3-5-10-22)31(36)33-25-13-6-7-14-25/h3-5,8-12,15,17-19,25,29H,6-7,13-14,16,20-21H2,1-2H3,(H,33,36)/t29-/m1/s1. The Hall–Kier alpha value is -3.52. The van der Waals surface area contributed by atoms with Gasteiger partial charge in [-0.1, -0.05) is 71.2 Å². The Labute approximate surface area is 238 Å². The number of nitrogens with one attached hydrogen (secondary N) is 1. The molecular formula is C31H35BrN2O5. The fourth-order valence-corrected chi connectivity index (χ4v) is 5.29. The molecule has 0 aromatic heterocycles. The minimum Gasteiger partial charge on any atom is -0.496 e. The van der Waals surface area contributed by atoms with E-state index in [4.69, 9.17) is 14.2 Å². The third-order valence-corrected chi connectivity index (χ3v) is 7.40. The molecule has 0 spiro atoms. The zero-order chi connectivity index (χ0) is 27.6. The molecule has 1 fully saturated rings. The number of halogens is 1. The first kappa shape index (κ1) is 28.5. The van der Waals surface area contributed by atoms with Crippen LogP contribution in [0.1, 0.15) is 36.8 Å². The van der Waals surface area contributed by atoms with Gasteiger partial charge in [-0.25, -0.2) is 0 Å². The van der Waals surface area contributed by atoms with E-state index >= 15 is 0 Å². The van der Waals surface area contributed by atoms with Gasteiger partial charge in [-0.15, -0.1) is 0 Å². The highest BCUT2D eigenvalue weighted by atomic mass is 79.9. The molecule has 1 aliphatic rings. The third kappa shape index (κ3) is 8.23. The maximum Gasteiger partial charge on any atom is 0.261 e. The Balaban J connectivity index is 1.62. The molecule has 0 unspecified atom stereocenters. The Morgan fingerprint density at radius 1 is 0.897 bits per heavy atom. The summed E-state index contributed by atoms with van der Waals surface area (Å²) >= 11 is 3.52. The zero-order valence-corrected chi connectivity index (χ0v) is 24.0. The van der Waals surface area contributed by atoms with Crippen LogP contribution < -0.4 is 19.5 Å². The predicted octanol–water partition coefficient (Wildman–Crippen LogP) is 5.54. The quantitative estimate of drug-likeness (QED) is 0.298. The number of hydrogen-bond acceptors (Lipinski definition) is 5. The number of benzene rings is 3. The van der Waals surface area contributed by atoms with E-state index < -0.39 is 6.04 Å². The van der Waals surface area contributed by atoms with Gasteiger partial charge < -0.3 is 24.4 Å². The summed E-state index contributed by atoms with van der Waals surface area (Å²) in [6.45, 7) is 0.0188. The number of rotatable bonds is 12. The number of methoxy groups -OCH3 is 2. The van der Waals surface area contributed by atoms with Crippen molar-refractivity contribution < 1.29 is 23.8 Å². The van der Waals surface area contributed by atoms with E-state index in [1.165, 1.54) is 0 Å². The smallest absolute Gasteiger partial charge is 0.261 e. The van der Waals surface area contributed by atoms with Crippen LogP contribution in [0, 0.1) is 0 Å². The lowest BCUT2D eigenvalue weighted by molar-refractivity contribution is -0.143. The van der Waals surface area contributed by atoms with Gasteiger partial charge in [-0.2, -0.15) is 0 Å². The molecule has 4 rings (SSSR count). The minimum absolute atomic E-state index is 0.138. The number of amides is 2. The van der Waals surface area contributed by atoms with Crippen molar-refractivity contribution >= 4 is 27.7 Å². The number of carbonyl (C=O) groups is 2. The third-order valence-electron chi connectivity index (χ3n) is 6.90. The molecule has 1 aliphatic carbocycles. The molecule has 0 bridgehead atoms. The van der Waals surface area contributed by atoms with Crippen molar-refractivity contribution in [1.29, 1.82) is 0 Å². The molecule has 7 nitrogen and oxygen atoms in total. The lowest BCUT2D eigenvalue weighted by Gasteiger charge is -2.32. The molecule has 1 atom stereocenters. The van der Waals surface area contributed by atoms with Gasteiger partial charge in [0.2, 0.25) is 5.91 Å². The summed E-state index contributed by atoms with van der Waals surface area (Å²) in [5.41, 5.74) is 1.89. The van der Waals surface area contributed by atoms with E-state index in [0.717, 1.165) is 41.3 Å². The zero-order valence-electron chi connectivity index (χ0n) is 22.4. The van der Waals surface area contributed by atoms with Crippen LogP contribution in [-0.2, 0) is 22.6 Å². The van der Waals surface area contributed by atoms with Crippen molar-refractivity contribution in [2.45, 2.75) is 50.7 Å². The summed E-state index contributed by atoms with van der Waals surface area (Å²) in [5, 5.41) is 3.22. The molecular weight excluding hydrogens is 560 g/mol. The van der Waals surface area contributed by atoms with Gasteiger partial charge in [0.05, 0.1) is 14.2 Å². The highest BCUT2D eigenvalue weighted by molar-refractivity contribution is 9.10. The first-order valence-corrected chi connectivity index (χ1v) is 14.0. The average molecular weight is 596 g/mol. The van der Waals surface area contributed by atoms with Crippen LogP contribution in [0.5, 0.6) is 17.2 Å². The molecule has 0 heterocycles. The Kier molecular flexibility index (Phi) is 10.3. The Morgan fingerprint density at radius 2 is 1.54 bits per heavy atom. The Bertz CT molecular complexity index is 1220. The van der Waals surface area contributed by atoms with Crippen molar-refractivity contribution in [2.24, 2.45) is 0 Å². The molecule has 2 amide bonds. The topological polar surface area (TPSA) is 77.1 Å². The van der Waals surface area contributed by atoms with Gasteiger partial charge >= 0.3 is 0 Å². The van der Waals surface area contributed by atoms with Crippen LogP contribution in [0.4, 0.5) is 0 Å². The molecule has 0 aliphatic heterocycles. The molecule has 1 saturated carbocycles. The molecule has 3 aromatic rings. The van der Waals surface area contributed by atoms with E-state index in [1.54, 1.807) is 37.3 Å². The van der Waals surface area contributed by atoms with Crippen LogP contribution in [0.25, 0.3) is 0 Å². The Morgan fingerprint density at radius 3 is 2.18 bits per heavy atom. The first-order chi connectivity index (χ1) is 18.9. The molecule has 8 heteroatoms. The first-order valence-electron chi connectivity index (χ1n) is 13.2. The van der Waals surface area contributed by atoms with Gasteiger partial charge in [0.15, 0.2) is 6.61 Å². The molecule has 206 valence electrons. The lowest BCUT2D eigenvalue weighted by atomic mass is 10.0. The number of nitrogens with zero attached hydrogens (tertiary/aromatic N) is 1. The molecule has 3 aromatic carbocycles. The van der Waals surface area contributed by atoms with Crippen LogP contribution in [-0.4, -0.2) is 49.6 Å². The van der Waals surface area contributed by atoms with Crippen molar-refractivity contribution in [3.05, 3.63) is 88.4 Å². The van der Waals surface area contributed by atoms with Crippen molar-refractivity contribution in [2.75, 3.05) is 20.8 Å². The summed E-state index contributed by atoms with van der Waals surface area (Å²) < 4.78 is 17.5. The van der Waals surface area contributed by atoms with E-state index in [0.29, 0.717) is 23.7 Å². The van der Waals surface area contributed by atoms with Crippen molar-refractivity contribution in [1.82, 2.24) is 10.2 Å². The van der Waals surface area contributed by atoms with E-state index in [9.17, 15) is 9.59 Å². The maximum atomic E-state index is 13.8. The summed E-state index contributed by atoms with van der Waals surface area (Å²) in [7, 11) is 3.11. The number of carbonyl (C=O) groups excluding carboxylic acids is 2. The summed E-state index contributed by atoms with van der Waals surface area (Å²) in [6, 6.07) is 22.1. The van der Waals surface area contributed by atoms with E-state index in [-0.39, 0.29) is 31.0 Å². The largest absolute Gasteiger partial charge is 0.496 e. The van der Waals surface area contributed by atoms with Gasteiger partial charge in [0.1, 0.15) is 23.3 Å². The monoisotopic (exact) mass is 594 g/mol. The lowest BCUT2D eigenvalue weighted by Crippen LogP contribution is -2.53. The highest BCUT2D eigenvalue weighted by Gasteiger charge is 2.32. The molecule has 0 radical (unpaired) electrons. The number of hydrogen-bond donors (Lipinski definition) is 1. The summed E-state index contributed by atoms with van der Waals surface area (Å²) in [4.78, 5) is 29.2. The van der Waals surface area contributed by atoms with Gasteiger partial charge in [-0.05, 0) is 36.1 Å². The SMILES string of the molecule is COc1cc(OC)cc(OCC(=O)N(Cc2cccc(Br)c2)[C@H](Cc2ccccc2)C(=O)NC2CCCC2)c1. The van der Waals surface area contributed by atoms with E-state index in [2.05, 4.69) is 21.2 Å². The second-order valence-electron chi connectivity index (χ2n) is 9.68. The van der Waals surface area contributed by atoms with Crippen LogP contribution >= 0.6 is 15.9 Å². The molecule has 0 saturated heterocycles. The van der Waals surface area contributed by atoms with Crippen molar-refractivity contribution in [3.63, 3.8) is 0 Å². The van der Waals surface area contributed by atoms with Gasteiger partial charge in [-0.3, -0.25) is 9.59 Å². The molecule has 39 heavy (non-hydrogen) atoms. The van der Waals surface area contributed by atoms with E-state index in [1.807, 2.05) is 54.6 Å². The van der Waals surface area contributed by atoms with Crippen molar-refractivity contribution in [3.8, 4) is 17.2 Å². The van der Waals surface area contributed by atoms with Crippen LogP contribution in [0.3, 0.4) is 0 Å². The second kappa shape index (κ2) is 14.0. The average Bonchev–Trinajstić information content (AvgIpc) is 3.47. The summed E-state index contributed by atoms with van der Waals surface area (Å²) in [5.74, 6) is 1.12. The normalized spacial score (nSPS) is 13.9. The summed E-state index contributed by atoms with van der Waals surface area (Å²) in [6.07, 6.45) is 4.53. The van der Waals surface area contributed by atoms with Gasteiger partial charge in [0, 0.05) is 41.7 Å². The predicted molar refractivity (Wildman–Crippen MR) is 154 cm³/mol. The number of ether oxygens (including phenoxy) is 3. The minimum atomic E-state index is -0.706. The van der Waals surface area contributed by atoms with Gasteiger partial charge in [0.25, 0.3) is 5.91 Å². The fourth-order valence-electron chi connectivity index (χ4n) is 4.85. The molecule has 1 N–H and O–H groups in total. The maximum absolute atomic E-state index is 13.8. The second-order valence-corrected chi connectivity index (χ2v) is 10.6. The fraction of sp³-hybridized carbons (Fsp3) is 0.355. The van der Waals surface area contributed by atoms with Crippen LogP contribution in [0.15, 0.2) is 77.3 Å². The highest BCUT2D eigenvalue weighted by Crippen LogP contribution is 2.28. The van der Waals surface area contributed by atoms with Crippen LogP contribution in [0.2, 0.25) is 0 Å².